The molecule has 1 fully saturated rings. The van der Waals surface area contributed by atoms with Crippen molar-refractivity contribution >= 4 is 11.0 Å². The third-order valence-corrected chi connectivity index (χ3v) is 4.26. The van der Waals surface area contributed by atoms with E-state index in [1.54, 1.807) is 0 Å². The number of nitrogens with two attached hydrogens (primary N) is 1. The molecule has 1 aliphatic rings. The summed E-state index contributed by atoms with van der Waals surface area (Å²) in [6, 6.07) is 3.60. The number of halogens is 3. The quantitative estimate of drug-likeness (QED) is 0.888. The fourth-order valence-corrected chi connectivity index (χ4v) is 3.03. The van der Waals surface area contributed by atoms with E-state index in [-0.39, 0.29) is 5.41 Å². The molecule has 1 aliphatic carbocycles. The molecular weight excluding hydrogens is 267 g/mol. The maximum atomic E-state index is 12.7. The minimum Gasteiger partial charge on any atom is -0.341 e. The molecule has 1 heterocycles. The second-order valence-electron chi connectivity index (χ2n) is 5.51. The van der Waals surface area contributed by atoms with Gasteiger partial charge in [0, 0.05) is 12.0 Å². The van der Waals surface area contributed by atoms with Crippen molar-refractivity contribution in [2.24, 2.45) is 5.73 Å². The van der Waals surface area contributed by atoms with Crippen molar-refractivity contribution in [1.82, 2.24) is 9.97 Å². The van der Waals surface area contributed by atoms with Crippen molar-refractivity contribution in [2.75, 3.05) is 6.54 Å². The van der Waals surface area contributed by atoms with Crippen LogP contribution in [0.15, 0.2) is 18.2 Å². The summed E-state index contributed by atoms with van der Waals surface area (Å²) >= 11 is 0. The van der Waals surface area contributed by atoms with Crippen LogP contribution in [-0.2, 0) is 11.6 Å². The van der Waals surface area contributed by atoms with Gasteiger partial charge in [-0.2, -0.15) is 13.2 Å². The largest absolute Gasteiger partial charge is 0.416 e. The predicted octanol–water partition coefficient (Wildman–Crippen LogP) is 3.35. The van der Waals surface area contributed by atoms with Gasteiger partial charge < -0.3 is 10.7 Å². The van der Waals surface area contributed by atoms with E-state index in [2.05, 4.69) is 9.97 Å². The van der Waals surface area contributed by atoms with Gasteiger partial charge in [0.15, 0.2) is 0 Å². The molecule has 1 aromatic heterocycles. The van der Waals surface area contributed by atoms with E-state index >= 15 is 0 Å². The molecule has 20 heavy (non-hydrogen) atoms. The summed E-state index contributed by atoms with van der Waals surface area (Å²) in [6.07, 6.45) is -0.284. The molecule has 0 saturated heterocycles. The summed E-state index contributed by atoms with van der Waals surface area (Å²) in [7, 11) is 0. The Balaban J connectivity index is 2.07. The first-order valence-corrected chi connectivity index (χ1v) is 6.72. The third kappa shape index (κ3) is 2.08. The molecule has 0 bridgehead atoms. The van der Waals surface area contributed by atoms with Gasteiger partial charge in [-0.15, -0.1) is 0 Å². The number of hydrogen-bond acceptors (Lipinski definition) is 2. The minimum atomic E-state index is -4.33. The van der Waals surface area contributed by atoms with Crippen molar-refractivity contribution < 1.29 is 13.2 Å². The molecule has 0 aliphatic heterocycles. The number of imidazole rings is 1. The van der Waals surface area contributed by atoms with Crippen molar-refractivity contribution in [3.8, 4) is 0 Å². The lowest BCUT2D eigenvalue weighted by atomic mass is 9.85. The van der Waals surface area contributed by atoms with Gasteiger partial charge in [-0.1, -0.05) is 12.8 Å². The molecule has 0 amide bonds. The number of H-pyrrole nitrogens is 1. The highest BCUT2D eigenvalue weighted by molar-refractivity contribution is 5.76. The van der Waals surface area contributed by atoms with Crippen LogP contribution in [0, 0.1) is 0 Å². The van der Waals surface area contributed by atoms with E-state index in [9.17, 15) is 13.2 Å². The summed E-state index contributed by atoms with van der Waals surface area (Å²) in [5, 5.41) is 0. The first kappa shape index (κ1) is 13.4. The van der Waals surface area contributed by atoms with Crippen LogP contribution in [0.5, 0.6) is 0 Å². The van der Waals surface area contributed by atoms with Gasteiger partial charge in [-0.25, -0.2) is 4.98 Å². The van der Waals surface area contributed by atoms with Crippen LogP contribution in [0.3, 0.4) is 0 Å². The lowest BCUT2D eigenvalue weighted by Gasteiger charge is -2.24. The van der Waals surface area contributed by atoms with E-state index in [1.807, 2.05) is 0 Å². The Morgan fingerprint density at radius 1 is 1.25 bits per heavy atom. The molecule has 1 aromatic carbocycles. The molecule has 3 nitrogen and oxygen atoms in total. The van der Waals surface area contributed by atoms with Crippen molar-refractivity contribution in [1.29, 1.82) is 0 Å². The van der Waals surface area contributed by atoms with Crippen LogP contribution < -0.4 is 5.73 Å². The molecule has 3 N–H and O–H groups in total. The molecule has 6 heteroatoms. The van der Waals surface area contributed by atoms with E-state index in [0.29, 0.717) is 17.6 Å². The number of fused-ring (bicyclic) bond motifs is 1. The number of nitrogens with zero attached hydrogens (tertiary/aromatic N) is 1. The summed E-state index contributed by atoms with van der Waals surface area (Å²) in [4.78, 5) is 7.51. The van der Waals surface area contributed by atoms with Gasteiger partial charge in [-0.3, -0.25) is 0 Å². The zero-order chi connectivity index (χ0) is 14.4. The van der Waals surface area contributed by atoms with Gasteiger partial charge >= 0.3 is 6.18 Å². The Morgan fingerprint density at radius 3 is 2.55 bits per heavy atom. The van der Waals surface area contributed by atoms with E-state index in [1.165, 1.54) is 6.07 Å². The smallest absolute Gasteiger partial charge is 0.341 e. The Morgan fingerprint density at radius 2 is 1.95 bits per heavy atom. The minimum absolute atomic E-state index is 0.197. The van der Waals surface area contributed by atoms with Crippen LogP contribution in [0.25, 0.3) is 11.0 Å². The van der Waals surface area contributed by atoms with Gasteiger partial charge in [0.1, 0.15) is 5.82 Å². The van der Waals surface area contributed by atoms with Crippen LogP contribution in [0.2, 0.25) is 0 Å². The summed E-state index contributed by atoms with van der Waals surface area (Å²) in [6.45, 7) is 0.471. The van der Waals surface area contributed by atoms with Crippen LogP contribution in [0.1, 0.15) is 37.1 Å². The highest BCUT2D eigenvalue weighted by Crippen LogP contribution is 2.40. The average Bonchev–Trinajstić information content (AvgIpc) is 3.04. The fraction of sp³-hybridized carbons (Fsp3) is 0.500. The normalized spacial score (nSPS) is 18.8. The number of benzene rings is 1. The number of aromatic nitrogens is 2. The zero-order valence-electron chi connectivity index (χ0n) is 10.9. The first-order chi connectivity index (χ1) is 9.44. The van der Waals surface area contributed by atoms with Gasteiger partial charge in [0.05, 0.1) is 16.6 Å². The van der Waals surface area contributed by atoms with Crippen LogP contribution in [-0.4, -0.2) is 16.5 Å². The number of rotatable bonds is 2. The molecule has 0 unspecified atom stereocenters. The molecule has 0 radical (unpaired) electrons. The molecular formula is C14H16F3N3. The molecule has 2 aromatic rings. The topological polar surface area (TPSA) is 54.7 Å². The molecule has 0 atom stereocenters. The monoisotopic (exact) mass is 283 g/mol. The Kier molecular flexibility index (Phi) is 3.01. The number of hydrogen-bond donors (Lipinski definition) is 2. The molecule has 0 spiro atoms. The van der Waals surface area contributed by atoms with Gasteiger partial charge in [-0.05, 0) is 31.0 Å². The van der Waals surface area contributed by atoms with Gasteiger partial charge in [0.2, 0.25) is 0 Å². The first-order valence-electron chi connectivity index (χ1n) is 6.72. The predicted molar refractivity (Wildman–Crippen MR) is 70.3 cm³/mol. The molecule has 108 valence electrons. The van der Waals surface area contributed by atoms with E-state index in [4.69, 9.17) is 5.73 Å². The highest BCUT2D eigenvalue weighted by atomic mass is 19.4. The summed E-state index contributed by atoms with van der Waals surface area (Å²) < 4.78 is 38.1. The second kappa shape index (κ2) is 4.48. The maximum absolute atomic E-state index is 12.7. The maximum Gasteiger partial charge on any atom is 0.416 e. The zero-order valence-corrected chi connectivity index (χ0v) is 10.9. The highest BCUT2D eigenvalue weighted by Gasteiger charge is 2.37. The Labute approximate surface area is 114 Å². The summed E-state index contributed by atoms with van der Waals surface area (Å²) in [5.74, 6) is 0.729. The van der Waals surface area contributed by atoms with E-state index < -0.39 is 11.7 Å². The molecule has 3 rings (SSSR count). The number of aromatic amines is 1. The Bertz CT molecular complexity index is 624. The lowest BCUT2D eigenvalue weighted by molar-refractivity contribution is -0.137. The third-order valence-electron chi connectivity index (χ3n) is 4.26. The SMILES string of the molecule is NCC1(c2nc3ccc(C(F)(F)F)cc3[nH]2)CCCC1. The summed E-state index contributed by atoms with van der Waals surface area (Å²) in [5.41, 5.74) is 6.01. The molecule has 1 saturated carbocycles. The fourth-order valence-electron chi connectivity index (χ4n) is 3.03. The van der Waals surface area contributed by atoms with Gasteiger partial charge in [0.25, 0.3) is 0 Å². The van der Waals surface area contributed by atoms with Crippen LogP contribution in [0.4, 0.5) is 13.2 Å². The number of nitrogens with one attached hydrogen (secondary N) is 1. The average molecular weight is 283 g/mol. The van der Waals surface area contributed by atoms with Crippen molar-refractivity contribution in [3.05, 3.63) is 29.6 Å². The standard InChI is InChI=1S/C14H16F3N3/c15-14(16,17)9-3-4-10-11(7-9)20-12(19-10)13(8-18)5-1-2-6-13/h3-4,7H,1-2,5-6,8,18H2,(H,19,20). The van der Waals surface area contributed by atoms with Crippen LogP contribution >= 0.6 is 0 Å². The second-order valence-corrected chi connectivity index (χ2v) is 5.51. The number of alkyl halides is 3. The van der Waals surface area contributed by atoms with Crippen molar-refractivity contribution in [3.63, 3.8) is 0 Å². The lowest BCUT2D eigenvalue weighted by Crippen LogP contribution is -2.33. The Hall–Kier alpha value is -1.56. The van der Waals surface area contributed by atoms with E-state index in [0.717, 1.165) is 43.6 Å². The van der Waals surface area contributed by atoms with Crippen molar-refractivity contribution in [2.45, 2.75) is 37.3 Å².